The van der Waals surface area contributed by atoms with Gasteiger partial charge in [0.05, 0.1) is 17.7 Å². The lowest BCUT2D eigenvalue weighted by Crippen LogP contribution is -2.10. The molecular formula is C9H5ClF2N2O2. The lowest BCUT2D eigenvalue weighted by molar-refractivity contribution is 0.0581. The highest BCUT2D eigenvalue weighted by atomic mass is 35.5. The quantitative estimate of drug-likeness (QED) is 0.752. The standard InChI is InChI=1S/C9H5ClF2N2O2/c1-16-9(15)7-6(8(11)12)5(10)2-4(3-13)14-7/h2,8H,1H3. The summed E-state index contributed by atoms with van der Waals surface area (Å²) < 4.78 is 29.5. The van der Waals surface area contributed by atoms with Crippen LogP contribution >= 0.6 is 11.6 Å². The smallest absolute Gasteiger partial charge is 0.357 e. The number of pyridine rings is 1. The monoisotopic (exact) mass is 246 g/mol. The van der Waals surface area contributed by atoms with Crippen molar-refractivity contribution >= 4 is 17.6 Å². The fourth-order valence-corrected chi connectivity index (χ4v) is 1.32. The molecular weight excluding hydrogens is 242 g/mol. The highest BCUT2D eigenvalue weighted by Crippen LogP contribution is 2.30. The van der Waals surface area contributed by atoms with E-state index in [1.54, 1.807) is 6.07 Å². The number of methoxy groups -OCH3 is 1. The van der Waals surface area contributed by atoms with Crippen molar-refractivity contribution in [1.29, 1.82) is 5.26 Å². The highest BCUT2D eigenvalue weighted by molar-refractivity contribution is 6.31. The molecule has 0 unspecified atom stereocenters. The molecule has 0 aliphatic rings. The normalized spacial score (nSPS) is 10.0. The number of rotatable bonds is 2. The minimum atomic E-state index is -2.97. The summed E-state index contributed by atoms with van der Waals surface area (Å²) in [5.41, 5.74) is -1.59. The molecule has 1 heterocycles. The fourth-order valence-electron chi connectivity index (χ4n) is 1.04. The SMILES string of the molecule is COC(=O)c1nc(C#N)cc(Cl)c1C(F)F. The van der Waals surface area contributed by atoms with Crippen molar-refractivity contribution < 1.29 is 18.3 Å². The number of nitrogens with zero attached hydrogens (tertiary/aromatic N) is 2. The lowest BCUT2D eigenvalue weighted by atomic mass is 10.1. The van der Waals surface area contributed by atoms with Gasteiger partial charge in [0.15, 0.2) is 5.69 Å². The predicted octanol–water partition coefficient (Wildman–Crippen LogP) is 2.33. The van der Waals surface area contributed by atoms with Crippen molar-refractivity contribution in [3.63, 3.8) is 0 Å². The van der Waals surface area contributed by atoms with Gasteiger partial charge in [0.1, 0.15) is 11.8 Å². The molecule has 7 heteroatoms. The summed E-state index contributed by atoms with van der Waals surface area (Å²) in [6.07, 6.45) is -2.97. The number of hydrogen-bond acceptors (Lipinski definition) is 4. The first-order valence-corrected chi connectivity index (χ1v) is 4.36. The minimum Gasteiger partial charge on any atom is -0.464 e. The molecule has 1 aromatic heterocycles. The Hall–Kier alpha value is -1.74. The van der Waals surface area contributed by atoms with Gasteiger partial charge in [-0.2, -0.15) is 5.26 Å². The Bertz CT molecular complexity index is 471. The molecule has 0 atom stereocenters. The Morgan fingerprint density at radius 2 is 2.31 bits per heavy atom. The molecule has 0 saturated heterocycles. The summed E-state index contributed by atoms with van der Waals surface area (Å²) in [6.45, 7) is 0. The second-order valence-electron chi connectivity index (χ2n) is 2.66. The Balaban J connectivity index is 3.48. The Morgan fingerprint density at radius 3 is 2.75 bits per heavy atom. The van der Waals surface area contributed by atoms with Crippen LogP contribution in [0.15, 0.2) is 6.07 Å². The van der Waals surface area contributed by atoms with Gasteiger partial charge in [-0.05, 0) is 6.07 Å². The van der Waals surface area contributed by atoms with Crippen LogP contribution in [0.25, 0.3) is 0 Å². The van der Waals surface area contributed by atoms with Gasteiger partial charge in [-0.15, -0.1) is 0 Å². The zero-order valence-electron chi connectivity index (χ0n) is 8.00. The summed E-state index contributed by atoms with van der Waals surface area (Å²) in [7, 11) is 1.02. The van der Waals surface area contributed by atoms with Crippen molar-refractivity contribution in [2.75, 3.05) is 7.11 Å². The van der Waals surface area contributed by atoms with Crippen molar-refractivity contribution in [2.24, 2.45) is 0 Å². The van der Waals surface area contributed by atoms with Gasteiger partial charge in [-0.1, -0.05) is 11.6 Å². The van der Waals surface area contributed by atoms with E-state index < -0.39 is 23.7 Å². The molecule has 1 rings (SSSR count). The van der Waals surface area contributed by atoms with Crippen LogP contribution in [0.4, 0.5) is 8.78 Å². The molecule has 0 spiro atoms. The van der Waals surface area contributed by atoms with E-state index in [4.69, 9.17) is 16.9 Å². The lowest BCUT2D eigenvalue weighted by Gasteiger charge is -2.08. The fraction of sp³-hybridized carbons (Fsp3) is 0.222. The molecule has 0 aromatic carbocycles. The molecule has 0 bridgehead atoms. The van der Waals surface area contributed by atoms with Crippen LogP contribution in [-0.2, 0) is 4.74 Å². The molecule has 0 radical (unpaired) electrons. The van der Waals surface area contributed by atoms with Crippen molar-refractivity contribution in [3.05, 3.63) is 28.0 Å². The van der Waals surface area contributed by atoms with Crippen molar-refractivity contribution in [2.45, 2.75) is 6.43 Å². The van der Waals surface area contributed by atoms with E-state index in [-0.39, 0.29) is 10.7 Å². The van der Waals surface area contributed by atoms with Gasteiger partial charge in [-0.25, -0.2) is 18.6 Å². The van der Waals surface area contributed by atoms with E-state index >= 15 is 0 Å². The number of aromatic nitrogens is 1. The number of ether oxygens (including phenoxy) is 1. The topological polar surface area (TPSA) is 63.0 Å². The first-order valence-electron chi connectivity index (χ1n) is 3.98. The van der Waals surface area contributed by atoms with Crippen LogP contribution in [0, 0.1) is 11.3 Å². The molecule has 4 nitrogen and oxygen atoms in total. The molecule has 0 amide bonds. The van der Waals surface area contributed by atoms with E-state index in [2.05, 4.69) is 9.72 Å². The van der Waals surface area contributed by atoms with Crippen LogP contribution in [-0.4, -0.2) is 18.1 Å². The third kappa shape index (κ3) is 2.25. The molecule has 0 N–H and O–H groups in total. The number of alkyl halides is 2. The van der Waals surface area contributed by atoms with Crippen LogP contribution in [0.5, 0.6) is 0 Å². The summed E-state index contributed by atoms with van der Waals surface area (Å²) >= 11 is 5.53. The van der Waals surface area contributed by atoms with Crippen LogP contribution in [0.1, 0.15) is 28.2 Å². The number of carbonyl (C=O) groups excluding carboxylic acids is 1. The Morgan fingerprint density at radius 1 is 1.69 bits per heavy atom. The van der Waals surface area contributed by atoms with E-state index in [0.29, 0.717) is 0 Å². The number of hydrogen-bond donors (Lipinski definition) is 0. The number of esters is 1. The van der Waals surface area contributed by atoms with E-state index in [9.17, 15) is 13.6 Å². The first-order chi connectivity index (χ1) is 7.51. The third-order valence-corrected chi connectivity index (χ3v) is 2.03. The van der Waals surface area contributed by atoms with Crippen LogP contribution in [0.2, 0.25) is 5.02 Å². The Kier molecular flexibility index (Phi) is 3.74. The minimum absolute atomic E-state index is 0.227. The molecule has 16 heavy (non-hydrogen) atoms. The summed E-state index contributed by atoms with van der Waals surface area (Å²) in [5.74, 6) is -1.06. The number of nitriles is 1. The largest absolute Gasteiger partial charge is 0.464 e. The maximum absolute atomic E-state index is 12.6. The third-order valence-electron chi connectivity index (χ3n) is 1.72. The molecule has 0 saturated carbocycles. The second kappa shape index (κ2) is 4.86. The van der Waals surface area contributed by atoms with E-state index in [0.717, 1.165) is 13.2 Å². The maximum atomic E-state index is 12.6. The van der Waals surface area contributed by atoms with Gasteiger partial charge in [0.25, 0.3) is 6.43 Å². The predicted molar refractivity (Wildman–Crippen MR) is 50.3 cm³/mol. The van der Waals surface area contributed by atoms with Crippen molar-refractivity contribution in [1.82, 2.24) is 4.98 Å². The summed E-state index contributed by atoms with van der Waals surface area (Å²) in [5, 5.41) is 8.17. The van der Waals surface area contributed by atoms with Crippen molar-refractivity contribution in [3.8, 4) is 6.07 Å². The molecule has 84 valence electrons. The average Bonchev–Trinajstić information content (AvgIpc) is 2.26. The van der Waals surface area contributed by atoms with Gasteiger partial charge >= 0.3 is 5.97 Å². The number of carbonyl (C=O) groups is 1. The Labute approximate surface area is 94.4 Å². The van der Waals surface area contributed by atoms with Gasteiger partial charge in [-0.3, -0.25) is 0 Å². The van der Waals surface area contributed by atoms with Gasteiger partial charge in [0.2, 0.25) is 0 Å². The molecule has 1 aromatic rings. The number of halogens is 3. The zero-order valence-corrected chi connectivity index (χ0v) is 8.76. The summed E-state index contributed by atoms with van der Waals surface area (Å²) in [6, 6.07) is 2.57. The van der Waals surface area contributed by atoms with Crippen LogP contribution < -0.4 is 0 Å². The summed E-state index contributed by atoms with van der Waals surface area (Å²) in [4.78, 5) is 14.6. The first kappa shape index (κ1) is 12.3. The maximum Gasteiger partial charge on any atom is 0.357 e. The highest BCUT2D eigenvalue weighted by Gasteiger charge is 2.25. The second-order valence-corrected chi connectivity index (χ2v) is 3.06. The van der Waals surface area contributed by atoms with Gasteiger partial charge in [0, 0.05) is 0 Å². The van der Waals surface area contributed by atoms with Crippen LogP contribution in [0.3, 0.4) is 0 Å². The average molecular weight is 247 g/mol. The molecule has 0 fully saturated rings. The van der Waals surface area contributed by atoms with E-state index in [1.807, 2.05) is 0 Å². The zero-order chi connectivity index (χ0) is 12.3. The molecule has 0 aliphatic carbocycles. The molecule has 0 aliphatic heterocycles. The van der Waals surface area contributed by atoms with Gasteiger partial charge < -0.3 is 4.74 Å². The van der Waals surface area contributed by atoms with E-state index in [1.165, 1.54) is 0 Å².